The molecule has 2 aromatic carbocycles. The van der Waals surface area contributed by atoms with Crippen molar-refractivity contribution in [1.82, 2.24) is 15.0 Å². The van der Waals surface area contributed by atoms with Crippen molar-refractivity contribution < 1.29 is 14.8 Å². The van der Waals surface area contributed by atoms with Crippen molar-refractivity contribution in [3.63, 3.8) is 0 Å². The summed E-state index contributed by atoms with van der Waals surface area (Å²) in [6, 6.07) is 13.5. The van der Waals surface area contributed by atoms with Crippen molar-refractivity contribution in [3.05, 3.63) is 59.2 Å². The lowest BCUT2D eigenvalue weighted by atomic mass is 9.80. The molecule has 10 heteroatoms. The summed E-state index contributed by atoms with van der Waals surface area (Å²) in [6.07, 6.45) is 0.857. The summed E-state index contributed by atoms with van der Waals surface area (Å²) in [5.74, 6) is 0.863. The van der Waals surface area contributed by atoms with Gasteiger partial charge in [-0.3, -0.25) is 0 Å². The van der Waals surface area contributed by atoms with Gasteiger partial charge in [0.1, 0.15) is 0 Å². The maximum atomic E-state index is 9.37. The van der Waals surface area contributed by atoms with Crippen LogP contribution in [0.15, 0.2) is 42.5 Å². The first-order chi connectivity index (χ1) is 15.0. The first-order valence-corrected chi connectivity index (χ1v) is 10.1. The van der Waals surface area contributed by atoms with Gasteiger partial charge in [-0.1, -0.05) is 36.4 Å². The van der Waals surface area contributed by atoms with E-state index in [4.69, 9.17) is 10.5 Å². The smallest absolute Gasteiger partial charge is 0.467 e. The molecule has 0 spiro atoms. The number of anilines is 3. The van der Waals surface area contributed by atoms with Gasteiger partial charge in [-0.25, -0.2) is 0 Å². The molecule has 0 saturated heterocycles. The normalized spacial score (nSPS) is 15.0. The third kappa shape index (κ3) is 4.31. The van der Waals surface area contributed by atoms with E-state index >= 15 is 0 Å². The Morgan fingerprint density at radius 2 is 2.00 bits per heavy atom. The molecule has 0 amide bonds. The first kappa shape index (κ1) is 21.0. The molecule has 31 heavy (non-hydrogen) atoms. The van der Waals surface area contributed by atoms with Crippen molar-refractivity contribution in [1.29, 1.82) is 0 Å². The molecule has 4 rings (SSSR count). The predicted octanol–water partition coefficient (Wildman–Crippen LogP) is 0.713. The second-order valence-corrected chi connectivity index (χ2v) is 7.46. The topological polar surface area (TPSA) is 130 Å². The molecule has 2 heterocycles. The highest BCUT2D eigenvalue weighted by atomic mass is 16.5. The molecular formula is C21H25BN6O3. The van der Waals surface area contributed by atoms with E-state index in [-0.39, 0.29) is 12.1 Å². The molecule has 0 aliphatic carbocycles. The van der Waals surface area contributed by atoms with E-state index in [1.165, 1.54) is 12.7 Å². The molecule has 1 atom stereocenters. The number of fused-ring (bicyclic) bond motifs is 1. The fraction of sp³-hybridized carbons (Fsp3) is 0.286. The Labute approximate surface area is 181 Å². The van der Waals surface area contributed by atoms with Crippen molar-refractivity contribution in [2.45, 2.75) is 32.5 Å². The summed E-state index contributed by atoms with van der Waals surface area (Å²) in [5.41, 5.74) is 10.6. The SMILES string of the molecule is COc1nc(NCc2cccc(B(O)O)c2)nc(N2c3cccc(CN)c3CC2C)n1. The number of nitrogens with two attached hydrogens (primary N) is 1. The van der Waals surface area contributed by atoms with Crippen LogP contribution >= 0.6 is 0 Å². The molecule has 160 valence electrons. The number of nitrogens with zero attached hydrogens (tertiary/aromatic N) is 4. The molecule has 0 saturated carbocycles. The highest BCUT2D eigenvalue weighted by Gasteiger charge is 2.31. The maximum absolute atomic E-state index is 9.37. The van der Waals surface area contributed by atoms with Crippen molar-refractivity contribution in [2.75, 3.05) is 17.3 Å². The highest BCUT2D eigenvalue weighted by molar-refractivity contribution is 6.58. The lowest BCUT2D eigenvalue weighted by molar-refractivity contribution is 0.379. The Morgan fingerprint density at radius 3 is 2.74 bits per heavy atom. The average Bonchev–Trinajstić information content (AvgIpc) is 3.13. The molecule has 1 aromatic heterocycles. The van der Waals surface area contributed by atoms with Gasteiger partial charge in [0.05, 0.1) is 7.11 Å². The van der Waals surface area contributed by atoms with E-state index in [1.807, 2.05) is 24.3 Å². The Balaban J connectivity index is 1.63. The molecule has 5 N–H and O–H groups in total. The van der Waals surface area contributed by atoms with Gasteiger partial charge in [-0.15, -0.1) is 0 Å². The van der Waals surface area contributed by atoms with Gasteiger partial charge in [0.25, 0.3) is 0 Å². The van der Waals surface area contributed by atoms with E-state index in [0.717, 1.165) is 23.2 Å². The molecular weight excluding hydrogens is 395 g/mol. The molecule has 1 aliphatic rings. The molecule has 9 nitrogen and oxygen atoms in total. The van der Waals surface area contributed by atoms with Crippen molar-refractivity contribution >= 4 is 30.2 Å². The Kier molecular flexibility index (Phi) is 6.03. The largest absolute Gasteiger partial charge is 0.488 e. The van der Waals surface area contributed by atoms with Crippen LogP contribution in [0.4, 0.5) is 17.6 Å². The monoisotopic (exact) mass is 420 g/mol. The number of hydrogen-bond donors (Lipinski definition) is 4. The Morgan fingerprint density at radius 1 is 1.19 bits per heavy atom. The zero-order valence-electron chi connectivity index (χ0n) is 17.5. The summed E-state index contributed by atoms with van der Waals surface area (Å²) in [4.78, 5) is 15.5. The van der Waals surface area contributed by atoms with Crippen molar-refractivity contribution in [2.24, 2.45) is 5.73 Å². The average molecular weight is 420 g/mol. The van der Waals surface area contributed by atoms with E-state index in [0.29, 0.717) is 30.4 Å². The molecule has 0 bridgehead atoms. The lowest BCUT2D eigenvalue weighted by Crippen LogP contribution is -2.30. The number of methoxy groups -OCH3 is 1. The van der Waals surface area contributed by atoms with Crippen LogP contribution in [0.25, 0.3) is 0 Å². The summed E-state index contributed by atoms with van der Waals surface area (Å²) in [7, 11) is 0.00190. The van der Waals surface area contributed by atoms with Gasteiger partial charge < -0.3 is 30.7 Å². The van der Waals surface area contributed by atoms with Crippen LogP contribution in [0.1, 0.15) is 23.6 Å². The van der Waals surface area contributed by atoms with Crippen LogP contribution in [0.3, 0.4) is 0 Å². The quantitative estimate of drug-likeness (QED) is 0.409. The van der Waals surface area contributed by atoms with E-state index in [1.54, 1.807) is 18.2 Å². The highest BCUT2D eigenvalue weighted by Crippen LogP contribution is 2.38. The predicted molar refractivity (Wildman–Crippen MR) is 120 cm³/mol. The number of rotatable bonds is 7. The summed E-state index contributed by atoms with van der Waals surface area (Å²) in [6.45, 7) is 3.00. The fourth-order valence-corrected chi connectivity index (χ4v) is 3.87. The van der Waals surface area contributed by atoms with E-state index in [2.05, 4.69) is 32.1 Å². The molecule has 1 aliphatic heterocycles. The van der Waals surface area contributed by atoms with Crippen LogP contribution in [0.2, 0.25) is 0 Å². The minimum absolute atomic E-state index is 0.158. The van der Waals surface area contributed by atoms with Crippen LogP contribution < -0.4 is 26.2 Å². The molecule has 0 fully saturated rings. The lowest BCUT2D eigenvalue weighted by Gasteiger charge is -2.23. The van der Waals surface area contributed by atoms with Crippen LogP contribution in [-0.4, -0.2) is 45.3 Å². The standard InChI is InChI=1S/C21H25BN6O3/c1-13-9-17-15(11-23)6-4-8-18(17)28(13)20-25-19(26-21(27-20)31-2)24-12-14-5-3-7-16(10-14)22(29)30/h3-8,10,13,29-30H,9,11-12,23H2,1-2H3,(H,24,25,26,27). The zero-order valence-corrected chi connectivity index (χ0v) is 17.5. The van der Waals surface area contributed by atoms with Gasteiger partial charge in [-0.05, 0) is 41.6 Å². The number of benzene rings is 2. The van der Waals surface area contributed by atoms with Crippen LogP contribution in [0, 0.1) is 0 Å². The van der Waals surface area contributed by atoms with E-state index in [9.17, 15) is 10.0 Å². The molecule has 3 aromatic rings. The van der Waals surface area contributed by atoms with Crippen LogP contribution in [0.5, 0.6) is 6.01 Å². The minimum Gasteiger partial charge on any atom is -0.467 e. The number of aromatic nitrogens is 3. The Bertz CT molecular complexity index is 1080. The Hall–Kier alpha value is -3.21. The summed E-state index contributed by atoms with van der Waals surface area (Å²) >= 11 is 0. The van der Waals surface area contributed by atoms with Crippen molar-refractivity contribution in [3.8, 4) is 6.01 Å². The van der Waals surface area contributed by atoms with Crippen LogP contribution in [-0.2, 0) is 19.5 Å². The van der Waals surface area contributed by atoms with Gasteiger partial charge in [0, 0.05) is 24.8 Å². The van der Waals surface area contributed by atoms with E-state index < -0.39 is 7.12 Å². The number of hydrogen-bond acceptors (Lipinski definition) is 9. The number of ether oxygens (including phenoxy) is 1. The maximum Gasteiger partial charge on any atom is 0.488 e. The minimum atomic E-state index is -1.51. The van der Waals surface area contributed by atoms with Gasteiger partial charge >= 0.3 is 13.1 Å². The summed E-state index contributed by atoms with van der Waals surface area (Å²) in [5, 5.41) is 21.9. The summed E-state index contributed by atoms with van der Waals surface area (Å²) < 4.78 is 5.31. The second-order valence-electron chi connectivity index (χ2n) is 7.46. The fourth-order valence-electron chi connectivity index (χ4n) is 3.87. The van der Waals surface area contributed by atoms with Gasteiger partial charge in [0.15, 0.2) is 0 Å². The third-order valence-electron chi connectivity index (χ3n) is 5.37. The van der Waals surface area contributed by atoms with Gasteiger partial charge in [0.2, 0.25) is 11.9 Å². The zero-order chi connectivity index (χ0) is 22.0. The molecule has 0 radical (unpaired) electrons. The third-order valence-corrected chi connectivity index (χ3v) is 5.37. The number of nitrogens with one attached hydrogen (secondary N) is 1. The second kappa shape index (κ2) is 8.89. The van der Waals surface area contributed by atoms with Gasteiger partial charge in [-0.2, -0.15) is 15.0 Å². The molecule has 1 unspecified atom stereocenters. The first-order valence-electron chi connectivity index (χ1n) is 10.1.